The van der Waals surface area contributed by atoms with Crippen LogP contribution in [0.4, 0.5) is 17.6 Å². The van der Waals surface area contributed by atoms with E-state index in [4.69, 9.17) is 16.2 Å². The monoisotopic (exact) mass is 320 g/mol. The predicted molar refractivity (Wildman–Crippen MR) is 92.4 cm³/mol. The van der Waals surface area contributed by atoms with Crippen LogP contribution in [-0.4, -0.2) is 60.3 Å². The lowest BCUT2D eigenvalue weighted by molar-refractivity contribution is 0.0104. The molecule has 2 aliphatic rings. The Labute approximate surface area is 138 Å². The fourth-order valence-corrected chi connectivity index (χ4v) is 3.27. The standard InChI is InChI=1S/C16H28N6O/c1-16(2,3)8-12-13(17)19-15(18)20-14(12)22-9-11(10-22)21-4-6-23-7-5-21/h11H,4-10H2,1-3H3,(H4,17,18,19,20). The van der Waals surface area contributed by atoms with E-state index in [9.17, 15) is 0 Å². The van der Waals surface area contributed by atoms with Crippen LogP contribution in [0.1, 0.15) is 26.3 Å². The number of nitrogen functional groups attached to an aromatic ring is 2. The molecule has 0 spiro atoms. The molecule has 0 bridgehead atoms. The second-order valence-corrected chi connectivity index (χ2v) is 7.71. The summed E-state index contributed by atoms with van der Waals surface area (Å²) in [5, 5.41) is 0. The average Bonchev–Trinajstić information content (AvgIpc) is 2.41. The van der Waals surface area contributed by atoms with Crippen molar-refractivity contribution >= 4 is 17.6 Å². The smallest absolute Gasteiger partial charge is 0.223 e. The highest BCUT2D eigenvalue weighted by atomic mass is 16.5. The van der Waals surface area contributed by atoms with Crippen LogP contribution in [-0.2, 0) is 11.2 Å². The molecule has 23 heavy (non-hydrogen) atoms. The van der Waals surface area contributed by atoms with Gasteiger partial charge in [0.15, 0.2) is 0 Å². The first-order valence-corrected chi connectivity index (χ1v) is 8.32. The zero-order valence-electron chi connectivity index (χ0n) is 14.4. The first kappa shape index (κ1) is 16.3. The summed E-state index contributed by atoms with van der Waals surface area (Å²) in [6.45, 7) is 12.2. The van der Waals surface area contributed by atoms with Gasteiger partial charge in [0.2, 0.25) is 5.95 Å². The highest BCUT2D eigenvalue weighted by Gasteiger charge is 2.35. The highest BCUT2D eigenvalue weighted by molar-refractivity contribution is 5.61. The molecule has 7 nitrogen and oxygen atoms in total. The van der Waals surface area contributed by atoms with E-state index in [2.05, 4.69) is 40.5 Å². The zero-order valence-corrected chi connectivity index (χ0v) is 14.4. The van der Waals surface area contributed by atoms with E-state index in [1.807, 2.05) is 0 Å². The van der Waals surface area contributed by atoms with Crippen molar-refractivity contribution in [1.82, 2.24) is 14.9 Å². The van der Waals surface area contributed by atoms with Crippen molar-refractivity contribution in [3.05, 3.63) is 5.56 Å². The number of anilines is 3. The van der Waals surface area contributed by atoms with Crippen molar-refractivity contribution in [3.63, 3.8) is 0 Å². The Morgan fingerprint density at radius 2 is 1.78 bits per heavy atom. The maximum Gasteiger partial charge on any atom is 0.223 e. The minimum Gasteiger partial charge on any atom is -0.383 e. The van der Waals surface area contributed by atoms with Crippen molar-refractivity contribution in [2.24, 2.45) is 5.41 Å². The topological polar surface area (TPSA) is 93.5 Å². The highest BCUT2D eigenvalue weighted by Crippen LogP contribution is 2.33. The van der Waals surface area contributed by atoms with Crippen LogP contribution in [0.3, 0.4) is 0 Å². The van der Waals surface area contributed by atoms with Gasteiger partial charge in [-0.2, -0.15) is 9.97 Å². The molecular formula is C16H28N6O. The summed E-state index contributed by atoms with van der Waals surface area (Å²) in [4.78, 5) is 13.4. The van der Waals surface area contributed by atoms with Crippen molar-refractivity contribution in [2.45, 2.75) is 33.2 Å². The van der Waals surface area contributed by atoms with E-state index >= 15 is 0 Å². The molecule has 2 fully saturated rings. The molecule has 128 valence electrons. The molecule has 4 N–H and O–H groups in total. The van der Waals surface area contributed by atoms with Crippen LogP contribution < -0.4 is 16.4 Å². The molecule has 0 amide bonds. The maximum atomic E-state index is 6.14. The fourth-order valence-electron chi connectivity index (χ4n) is 3.27. The van der Waals surface area contributed by atoms with Gasteiger partial charge in [-0.25, -0.2) is 0 Å². The van der Waals surface area contributed by atoms with Gasteiger partial charge in [-0.05, 0) is 11.8 Å². The molecule has 7 heteroatoms. The van der Waals surface area contributed by atoms with Gasteiger partial charge >= 0.3 is 0 Å². The van der Waals surface area contributed by atoms with Gasteiger partial charge in [-0.1, -0.05) is 20.8 Å². The van der Waals surface area contributed by atoms with E-state index in [0.717, 1.165) is 57.2 Å². The van der Waals surface area contributed by atoms with E-state index in [1.165, 1.54) is 0 Å². The molecule has 1 aromatic heterocycles. The lowest BCUT2D eigenvalue weighted by Crippen LogP contribution is -2.62. The Balaban J connectivity index is 1.75. The molecule has 1 aromatic rings. The van der Waals surface area contributed by atoms with Gasteiger partial charge in [-0.3, -0.25) is 4.90 Å². The molecule has 0 atom stereocenters. The van der Waals surface area contributed by atoms with E-state index in [-0.39, 0.29) is 11.4 Å². The van der Waals surface area contributed by atoms with Crippen LogP contribution in [0.5, 0.6) is 0 Å². The number of morpholine rings is 1. The van der Waals surface area contributed by atoms with Gasteiger partial charge in [-0.15, -0.1) is 0 Å². The van der Waals surface area contributed by atoms with Gasteiger partial charge in [0.25, 0.3) is 0 Å². The van der Waals surface area contributed by atoms with E-state index < -0.39 is 0 Å². The Bertz CT molecular complexity index is 558. The number of hydrogen-bond acceptors (Lipinski definition) is 7. The van der Waals surface area contributed by atoms with Gasteiger partial charge in [0, 0.05) is 37.8 Å². The Hall–Kier alpha value is -1.60. The Morgan fingerprint density at radius 3 is 2.39 bits per heavy atom. The second kappa shape index (κ2) is 6.13. The summed E-state index contributed by atoms with van der Waals surface area (Å²) in [7, 11) is 0. The minimum atomic E-state index is 0.122. The normalized spacial score (nSPS) is 20.6. The van der Waals surface area contributed by atoms with Crippen LogP contribution in [0.2, 0.25) is 0 Å². The number of nitrogens with zero attached hydrogens (tertiary/aromatic N) is 4. The van der Waals surface area contributed by atoms with Crippen LogP contribution >= 0.6 is 0 Å². The number of hydrogen-bond donors (Lipinski definition) is 2. The van der Waals surface area contributed by atoms with Gasteiger partial charge in [0.05, 0.1) is 13.2 Å². The molecule has 3 heterocycles. The maximum absolute atomic E-state index is 6.14. The largest absolute Gasteiger partial charge is 0.383 e. The first-order chi connectivity index (χ1) is 10.8. The third-order valence-corrected chi connectivity index (χ3v) is 4.47. The van der Waals surface area contributed by atoms with Crippen molar-refractivity contribution in [2.75, 3.05) is 55.8 Å². The summed E-state index contributed by atoms with van der Waals surface area (Å²) in [5.74, 6) is 1.68. The number of aromatic nitrogens is 2. The Kier molecular flexibility index (Phi) is 4.33. The predicted octanol–water partition coefficient (Wildman–Crippen LogP) is 0.750. The minimum absolute atomic E-state index is 0.122. The van der Waals surface area contributed by atoms with Crippen LogP contribution in [0.25, 0.3) is 0 Å². The van der Waals surface area contributed by atoms with Crippen molar-refractivity contribution in [1.29, 1.82) is 0 Å². The number of rotatable bonds is 3. The quantitative estimate of drug-likeness (QED) is 0.849. The molecule has 2 aliphatic heterocycles. The summed E-state index contributed by atoms with van der Waals surface area (Å²) in [5.41, 5.74) is 13.1. The first-order valence-electron chi connectivity index (χ1n) is 8.32. The summed E-state index contributed by atoms with van der Waals surface area (Å²) >= 11 is 0. The summed E-state index contributed by atoms with van der Waals surface area (Å²) in [6, 6.07) is 0.568. The molecule has 2 saturated heterocycles. The van der Waals surface area contributed by atoms with Gasteiger partial charge in [0.1, 0.15) is 11.6 Å². The molecule has 0 aromatic carbocycles. The third-order valence-electron chi connectivity index (χ3n) is 4.47. The molecular weight excluding hydrogens is 292 g/mol. The summed E-state index contributed by atoms with van der Waals surface area (Å²) in [6.07, 6.45) is 0.840. The van der Waals surface area contributed by atoms with Gasteiger partial charge < -0.3 is 21.1 Å². The van der Waals surface area contributed by atoms with Crippen LogP contribution in [0.15, 0.2) is 0 Å². The molecule has 0 radical (unpaired) electrons. The fraction of sp³-hybridized carbons (Fsp3) is 0.750. The SMILES string of the molecule is CC(C)(C)Cc1c(N)nc(N)nc1N1CC(N2CCOCC2)C1. The zero-order chi connectivity index (χ0) is 16.6. The molecule has 0 aliphatic carbocycles. The summed E-state index contributed by atoms with van der Waals surface area (Å²) < 4.78 is 5.43. The average molecular weight is 320 g/mol. The molecule has 0 unspecified atom stereocenters. The van der Waals surface area contributed by atoms with Crippen LogP contribution in [0, 0.1) is 5.41 Å². The number of nitrogens with two attached hydrogens (primary N) is 2. The molecule has 0 saturated carbocycles. The Morgan fingerprint density at radius 1 is 1.13 bits per heavy atom. The third kappa shape index (κ3) is 3.67. The number of ether oxygens (including phenoxy) is 1. The lowest BCUT2D eigenvalue weighted by Gasteiger charge is -2.47. The van der Waals surface area contributed by atoms with E-state index in [0.29, 0.717) is 11.9 Å². The lowest BCUT2D eigenvalue weighted by atomic mass is 9.88. The van der Waals surface area contributed by atoms with Crippen molar-refractivity contribution < 1.29 is 4.74 Å². The second-order valence-electron chi connectivity index (χ2n) is 7.71. The van der Waals surface area contributed by atoms with E-state index in [1.54, 1.807) is 0 Å². The molecule has 3 rings (SSSR count). The van der Waals surface area contributed by atoms with Crippen molar-refractivity contribution in [3.8, 4) is 0 Å².